The normalized spacial score (nSPS) is 20.9. The van der Waals surface area contributed by atoms with Crippen molar-refractivity contribution in [2.45, 2.75) is 31.1 Å². The van der Waals surface area contributed by atoms with Gasteiger partial charge in [-0.3, -0.25) is 0 Å². The first kappa shape index (κ1) is 13.6. The van der Waals surface area contributed by atoms with Gasteiger partial charge >= 0.3 is 0 Å². The number of hydrogen-bond donors (Lipinski definition) is 1. The molecule has 0 amide bonds. The van der Waals surface area contributed by atoms with Crippen LogP contribution in [0.25, 0.3) is 0 Å². The lowest BCUT2D eigenvalue weighted by atomic mass is 9.92. The Morgan fingerprint density at radius 3 is 2.72 bits per heavy atom. The number of piperidine rings is 1. The van der Waals surface area contributed by atoms with Crippen molar-refractivity contribution in [1.82, 2.24) is 5.32 Å². The molecule has 18 heavy (non-hydrogen) atoms. The second kappa shape index (κ2) is 5.41. The van der Waals surface area contributed by atoms with Gasteiger partial charge in [0.1, 0.15) is 0 Å². The molecule has 0 aliphatic carbocycles. The van der Waals surface area contributed by atoms with Crippen molar-refractivity contribution in [2.24, 2.45) is 5.92 Å². The van der Waals surface area contributed by atoms with E-state index in [2.05, 4.69) is 5.32 Å². The van der Waals surface area contributed by atoms with E-state index in [4.69, 9.17) is 0 Å². The van der Waals surface area contributed by atoms with E-state index in [9.17, 15) is 8.42 Å². The molecule has 1 aliphatic rings. The van der Waals surface area contributed by atoms with E-state index in [0.717, 1.165) is 25.1 Å². The van der Waals surface area contributed by atoms with Crippen LogP contribution >= 0.6 is 0 Å². The third-order valence-corrected chi connectivity index (χ3v) is 4.82. The minimum Gasteiger partial charge on any atom is -0.316 e. The monoisotopic (exact) mass is 267 g/mol. The number of rotatable bonds is 3. The van der Waals surface area contributed by atoms with Crippen molar-refractivity contribution in [1.29, 1.82) is 0 Å². The molecule has 0 radical (unpaired) electrons. The predicted molar refractivity (Wildman–Crippen MR) is 73.6 cm³/mol. The van der Waals surface area contributed by atoms with Crippen LogP contribution in [-0.2, 0) is 16.3 Å². The Balaban J connectivity index is 2.13. The van der Waals surface area contributed by atoms with Crippen LogP contribution in [0.5, 0.6) is 0 Å². The molecule has 2 rings (SSSR count). The Kier molecular flexibility index (Phi) is 4.07. The second-order valence-corrected chi connectivity index (χ2v) is 7.27. The Morgan fingerprint density at radius 2 is 2.17 bits per heavy atom. The van der Waals surface area contributed by atoms with Gasteiger partial charge in [0.25, 0.3) is 0 Å². The van der Waals surface area contributed by atoms with E-state index in [0.29, 0.717) is 10.8 Å². The average Bonchev–Trinajstić information content (AvgIpc) is 2.28. The van der Waals surface area contributed by atoms with Crippen LogP contribution < -0.4 is 5.32 Å². The molecule has 0 spiro atoms. The van der Waals surface area contributed by atoms with Gasteiger partial charge in [-0.1, -0.05) is 12.1 Å². The summed E-state index contributed by atoms with van der Waals surface area (Å²) in [7, 11) is -3.10. The highest BCUT2D eigenvalue weighted by molar-refractivity contribution is 7.90. The summed E-state index contributed by atoms with van der Waals surface area (Å²) in [5, 5.41) is 3.41. The zero-order valence-electron chi connectivity index (χ0n) is 11.1. The lowest BCUT2D eigenvalue weighted by Crippen LogP contribution is -2.30. The molecule has 1 N–H and O–H groups in total. The second-order valence-electron chi connectivity index (χ2n) is 5.29. The van der Waals surface area contributed by atoms with Gasteiger partial charge in [0.2, 0.25) is 0 Å². The molecular weight excluding hydrogens is 246 g/mol. The van der Waals surface area contributed by atoms with Crippen molar-refractivity contribution in [3.8, 4) is 0 Å². The molecule has 100 valence electrons. The maximum Gasteiger partial charge on any atom is 0.175 e. The van der Waals surface area contributed by atoms with Crippen molar-refractivity contribution < 1.29 is 8.42 Å². The van der Waals surface area contributed by atoms with Gasteiger partial charge in [0.05, 0.1) is 4.90 Å². The molecule has 1 atom stereocenters. The molecule has 1 heterocycles. The fourth-order valence-corrected chi connectivity index (χ4v) is 3.65. The van der Waals surface area contributed by atoms with Crippen molar-refractivity contribution in [2.75, 3.05) is 19.3 Å². The SMILES string of the molecule is Cc1cc(CC2CCCNC2)ccc1S(C)(=O)=O. The maximum atomic E-state index is 11.5. The molecule has 1 aromatic carbocycles. The fraction of sp³-hybridized carbons (Fsp3) is 0.571. The number of nitrogens with one attached hydrogen (secondary N) is 1. The molecule has 1 aliphatic heterocycles. The molecule has 1 unspecified atom stereocenters. The standard InChI is InChI=1S/C14H21NO2S/c1-11-8-12(5-6-14(11)18(2,16)17)9-13-4-3-7-15-10-13/h5-6,8,13,15H,3-4,7,9-10H2,1-2H3. The quantitative estimate of drug-likeness (QED) is 0.910. The van der Waals surface area contributed by atoms with Crippen molar-refractivity contribution in [3.05, 3.63) is 29.3 Å². The summed E-state index contributed by atoms with van der Waals surface area (Å²) >= 11 is 0. The third-order valence-electron chi connectivity index (χ3n) is 3.56. The first-order valence-electron chi connectivity index (χ1n) is 6.47. The molecule has 0 aromatic heterocycles. The Bertz CT molecular complexity index is 517. The summed E-state index contributed by atoms with van der Waals surface area (Å²) in [5.41, 5.74) is 2.10. The molecule has 1 aromatic rings. The van der Waals surface area contributed by atoms with Gasteiger partial charge in [-0.25, -0.2) is 8.42 Å². The summed E-state index contributed by atoms with van der Waals surface area (Å²) in [5.74, 6) is 0.683. The van der Waals surface area contributed by atoms with Crippen LogP contribution in [0, 0.1) is 12.8 Å². The Morgan fingerprint density at radius 1 is 1.39 bits per heavy atom. The molecule has 1 fully saturated rings. The number of sulfone groups is 1. The zero-order chi connectivity index (χ0) is 13.2. The van der Waals surface area contributed by atoms with Crippen LogP contribution in [0.3, 0.4) is 0 Å². The number of benzene rings is 1. The van der Waals surface area contributed by atoms with E-state index in [-0.39, 0.29) is 0 Å². The van der Waals surface area contributed by atoms with Crippen LogP contribution in [0.2, 0.25) is 0 Å². The minimum atomic E-state index is -3.10. The molecular formula is C14H21NO2S. The third kappa shape index (κ3) is 3.33. The van der Waals surface area contributed by atoms with Crippen molar-refractivity contribution >= 4 is 9.84 Å². The summed E-state index contributed by atoms with van der Waals surface area (Å²) in [6, 6.07) is 5.72. The minimum absolute atomic E-state index is 0.452. The molecule has 1 saturated heterocycles. The average molecular weight is 267 g/mol. The maximum absolute atomic E-state index is 11.5. The van der Waals surface area contributed by atoms with Gasteiger partial charge in [0.15, 0.2) is 9.84 Å². The number of hydrogen-bond acceptors (Lipinski definition) is 3. The molecule has 0 saturated carbocycles. The van der Waals surface area contributed by atoms with Crippen LogP contribution in [0.15, 0.2) is 23.1 Å². The Labute approximate surface area is 110 Å². The Hall–Kier alpha value is -0.870. The summed E-state index contributed by atoms with van der Waals surface area (Å²) in [6.07, 6.45) is 4.81. The van der Waals surface area contributed by atoms with E-state index in [1.54, 1.807) is 6.07 Å². The first-order valence-corrected chi connectivity index (χ1v) is 8.36. The topological polar surface area (TPSA) is 46.2 Å². The number of aryl methyl sites for hydroxylation is 1. The summed E-state index contributed by atoms with van der Waals surface area (Å²) in [6.45, 7) is 4.08. The van der Waals surface area contributed by atoms with Gasteiger partial charge in [-0.15, -0.1) is 0 Å². The fourth-order valence-electron chi connectivity index (χ4n) is 2.69. The molecule has 3 nitrogen and oxygen atoms in total. The van der Waals surface area contributed by atoms with Crippen LogP contribution in [0.4, 0.5) is 0 Å². The molecule has 4 heteroatoms. The van der Waals surface area contributed by atoms with E-state index >= 15 is 0 Å². The van der Waals surface area contributed by atoms with Crippen LogP contribution in [0.1, 0.15) is 24.0 Å². The highest BCUT2D eigenvalue weighted by Gasteiger charge is 2.15. The molecule has 0 bridgehead atoms. The highest BCUT2D eigenvalue weighted by Crippen LogP contribution is 2.21. The van der Waals surface area contributed by atoms with E-state index in [1.807, 2.05) is 19.1 Å². The lowest BCUT2D eigenvalue weighted by Gasteiger charge is -2.23. The zero-order valence-corrected chi connectivity index (χ0v) is 11.9. The first-order chi connectivity index (χ1) is 8.47. The lowest BCUT2D eigenvalue weighted by molar-refractivity contribution is 0.376. The largest absolute Gasteiger partial charge is 0.316 e. The smallest absolute Gasteiger partial charge is 0.175 e. The van der Waals surface area contributed by atoms with E-state index < -0.39 is 9.84 Å². The van der Waals surface area contributed by atoms with Gasteiger partial charge in [0, 0.05) is 6.26 Å². The highest BCUT2D eigenvalue weighted by atomic mass is 32.2. The van der Waals surface area contributed by atoms with Gasteiger partial charge < -0.3 is 5.32 Å². The predicted octanol–water partition coefficient (Wildman–Crippen LogP) is 1.94. The van der Waals surface area contributed by atoms with Crippen LogP contribution in [-0.4, -0.2) is 27.8 Å². The van der Waals surface area contributed by atoms with Crippen molar-refractivity contribution in [3.63, 3.8) is 0 Å². The summed E-state index contributed by atoms with van der Waals surface area (Å²) < 4.78 is 23.1. The summed E-state index contributed by atoms with van der Waals surface area (Å²) in [4.78, 5) is 0.452. The van der Waals surface area contributed by atoms with Gasteiger partial charge in [-0.2, -0.15) is 0 Å². The van der Waals surface area contributed by atoms with Gasteiger partial charge in [-0.05, 0) is 62.4 Å². The van der Waals surface area contributed by atoms with E-state index in [1.165, 1.54) is 24.7 Å².